The van der Waals surface area contributed by atoms with Crippen molar-refractivity contribution in [3.8, 4) is 0 Å². The second-order valence-corrected chi connectivity index (χ2v) is 16.2. The van der Waals surface area contributed by atoms with Crippen molar-refractivity contribution in [3.63, 3.8) is 0 Å². The van der Waals surface area contributed by atoms with Crippen molar-refractivity contribution in [1.82, 2.24) is 5.32 Å². The van der Waals surface area contributed by atoms with Gasteiger partial charge in [-0.1, -0.05) is 179 Å². The molecule has 1 amide bonds. The molecule has 1 saturated heterocycles. The number of unbranched alkanes of at least 4 members (excludes halogenated alkanes) is 26. The van der Waals surface area contributed by atoms with E-state index in [1.807, 2.05) is 6.08 Å². The monoisotopic (exact) mass is 782 g/mol. The molecule has 55 heavy (non-hydrogen) atoms. The number of amides is 1. The van der Waals surface area contributed by atoms with Crippen LogP contribution in [0.5, 0.6) is 0 Å². The average Bonchev–Trinajstić information content (AvgIpc) is 3.18. The maximum Gasteiger partial charge on any atom is 0.220 e. The lowest BCUT2D eigenvalue weighted by Gasteiger charge is -2.40. The number of hydrogen-bond acceptors (Lipinski definition) is 8. The topological polar surface area (TPSA) is 149 Å². The van der Waals surface area contributed by atoms with Crippen LogP contribution in [0, 0.1) is 0 Å². The third-order valence-electron chi connectivity index (χ3n) is 11.0. The summed E-state index contributed by atoms with van der Waals surface area (Å²) in [5.74, 6) is -0.179. The molecular weight excluding hydrogens is 695 g/mol. The highest BCUT2D eigenvalue weighted by Gasteiger charge is 2.44. The number of aliphatic hydroxyl groups is 5. The molecule has 0 saturated carbocycles. The van der Waals surface area contributed by atoms with E-state index in [-0.39, 0.29) is 12.5 Å². The number of aliphatic hydroxyl groups excluding tert-OH is 5. The summed E-state index contributed by atoms with van der Waals surface area (Å²) in [6.07, 6.45) is 36.7. The summed E-state index contributed by atoms with van der Waals surface area (Å²) in [5.41, 5.74) is 0. The maximum absolute atomic E-state index is 12.9. The Hall–Kier alpha value is -1.33. The summed E-state index contributed by atoms with van der Waals surface area (Å²) < 4.78 is 11.2. The van der Waals surface area contributed by atoms with Crippen molar-refractivity contribution in [3.05, 3.63) is 24.3 Å². The molecule has 2 unspecified atom stereocenters. The van der Waals surface area contributed by atoms with E-state index in [1.165, 1.54) is 148 Å². The van der Waals surface area contributed by atoms with Gasteiger partial charge in [-0.3, -0.25) is 4.79 Å². The molecule has 1 rings (SSSR count). The van der Waals surface area contributed by atoms with E-state index in [0.717, 1.165) is 38.5 Å². The van der Waals surface area contributed by atoms with Gasteiger partial charge in [-0.2, -0.15) is 0 Å². The Morgan fingerprint density at radius 2 is 1.02 bits per heavy atom. The minimum atomic E-state index is -1.56. The zero-order valence-corrected chi connectivity index (χ0v) is 35.4. The zero-order valence-electron chi connectivity index (χ0n) is 35.4. The van der Waals surface area contributed by atoms with E-state index in [0.29, 0.717) is 6.42 Å². The number of allylic oxidation sites excluding steroid dienone is 3. The van der Waals surface area contributed by atoms with Gasteiger partial charge in [0.1, 0.15) is 24.4 Å². The Labute approximate surface area is 337 Å². The molecule has 0 aromatic carbocycles. The normalized spacial score (nSPS) is 21.5. The molecule has 1 aliphatic rings. The first-order valence-corrected chi connectivity index (χ1v) is 23.1. The van der Waals surface area contributed by atoms with Gasteiger partial charge in [-0.05, 0) is 44.9 Å². The van der Waals surface area contributed by atoms with Crippen LogP contribution in [0.2, 0.25) is 0 Å². The molecule has 6 N–H and O–H groups in total. The van der Waals surface area contributed by atoms with Gasteiger partial charge in [-0.15, -0.1) is 0 Å². The molecule has 0 radical (unpaired) electrons. The van der Waals surface area contributed by atoms with Crippen LogP contribution in [0.3, 0.4) is 0 Å². The van der Waals surface area contributed by atoms with Gasteiger partial charge in [0, 0.05) is 6.42 Å². The van der Waals surface area contributed by atoms with Crippen molar-refractivity contribution < 1.29 is 39.8 Å². The first-order chi connectivity index (χ1) is 26.8. The highest BCUT2D eigenvalue weighted by Crippen LogP contribution is 2.22. The fraction of sp³-hybridized carbons (Fsp3) is 0.891. The van der Waals surface area contributed by atoms with Crippen molar-refractivity contribution in [2.24, 2.45) is 0 Å². The van der Waals surface area contributed by atoms with Crippen molar-refractivity contribution >= 4 is 5.91 Å². The van der Waals surface area contributed by atoms with Crippen LogP contribution in [0.1, 0.15) is 206 Å². The molecule has 0 bridgehead atoms. The molecule has 324 valence electrons. The number of ether oxygens (including phenoxy) is 2. The minimum Gasteiger partial charge on any atom is -0.394 e. The molecule has 9 nitrogen and oxygen atoms in total. The average molecular weight is 782 g/mol. The second-order valence-electron chi connectivity index (χ2n) is 16.2. The highest BCUT2D eigenvalue weighted by molar-refractivity contribution is 5.76. The molecule has 0 aliphatic carbocycles. The summed E-state index contributed by atoms with van der Waals surface area (Å²) >= 11 is 0. The molecule has 0 spiro atoms. The van der Waals surface area contributed by atoms with Gasteiger partial charge in [-0.25, -0.2) is 0 Å². The first kappa shape index (κ1) is 51.7. The fourth-order valence-electron chi connectivity index (χ4n) is 7.27. The number of rotatable bonds is 38. The molecule has 1 fully saturated rings. The molecule has 1 heterocycles. The SMILES string of the molecule is CCCCCCCC/C=C/CCCCCCCCCCCCCCCC(=O)N[C@@H](CO[C@H]1O[C@@H](CO)[C@H](O)C(O)C1O)[C@H](O)/C=C/CCCCCCCCC. The van der Waals surface area contributed by atoms with Crippen LogP contribution in [0.25, 0.3) is 0 Å². The van der Waals surface area contributed by atoms with E-state index in [1.54, 1.807) is 6.08 Å². The zero-order chi connectivity index (χ0) is 40.2. The van der Waals surface area contributed by atoms with Crippen LogP contribution in [0.4, 0.5) is 0 Å². The third-order valence-corrected chi connectivity index (χ3v) is 11.0. The fourth-order valence-corrected chi connectivity index (χ4v) is 7.27. The number of carbonyl (C=O) groups is 1. The molecule has 0 aromatic rings. The summed E-state index contributed by atoms with van der Waals surface area (Å²) in [6, 6.07) is -0.799. The Morgan fingerprint density at radius 3 is 1.47 bits per heavy atom. The van der Waals surface area contributed by atoms with Gasteiger partial charge < -0.3 is 40.3 Å². The van der Waals surface area contributed by atoms with E-state index >= 15 is 0 Å². The van der Waals surface area contributed by atoms with Gasteiger partial charge in [0.2, 0.25) is 5.91 Å². The Balaban J connectivity index is 2.23. The van der Waals surface area contributed by atoms with Gasteiger partial charge >= 0.3 is 0 Å². The van der Waals surface area contributed by atoms with Crippen LogP contribution in [0.15, 0.2) is 24.3 Å². The minimum absolute atomic E-state index is 0.179. The van der Waals surface area contributed by atoms with Crippen molar-refractivity contribution in [2.45, 2.75) is 249 Å². The predicted molar refractivity (Wildman–Crippen MR) is 226 cm³/mol. The van der Waals surface area contributed by atoms with E-state index < -0.39 is 49.5 Å². The van der Waals surface area contributed by atoms with Crippen LogP contribution in [-0.4, -0.2) is 87.5 Å². The van der Waals surface area contributed by atoms with E-state index in [9.17, 15) is 30.3 Å². The number of carbonyl (C=O) groups excluding carboxylic acids is 1. The summed E-state index contributed by atoms with van der Waals surface area (Å²) in [6.45, 7) is 3.74. The van der Waals surface area contributed by atoms with Crippen LogP contribution < -0.4 is 5.32 Å². The Kier molecular flexibility index (Phi) is 34.7. The van der Waals surface area contributed by atoms with E-state index in [2.05, 4.69) is 31.3 Å². The summed E-state index contributed by atoms with van der Waals surface area (Å²) in [4.78, 5) is 12.9. The Bertz CT molecular complexity index is 914. The molecule has 7 atom stereocenters. The molecule has 1 aliphatic heterocycles. The van der Waals surface area contributed by atoms with E-state index in [4.69, 9.17) is 9.47 Å². The van der Waals surface area contributed by atoms with Crippen LogP contribution in [-0.2, 0) is 14.3 Å². The van der Waals surface area contributed by atoms with Crippen LogP contribution >= 0.6 is 0 Å². The molecule has 0 aromatic heterocycles. The second kappa shape index (κ2) is 37.0. The smallest absolute Gasteiger partial charge is 0.220 e. The van der Waals surface area contributed by atoms with Gasteiger partial charge in [0.05, 0.1) is 25.4 Å². The lowest BCUT2D eigenvalue weighted by molar-refractivity contribution is -0.302. The van der Waals surface area contributed by atoms with Gasteiger partial charge in [0.25, 0.3) is 0 Å². The Morgan fingerprint density at radius 1 is 0.600 bits per heavy atom. The number of hydrogen-bond donors (Lipinski definition) is 6. The van der Waals surface area contributed by atoms with Gasteiger partial charge in [0.15, 0.2) is 6.29 Å². The molecule has 9 heteroatoms. The summed E-state index contributed by atoms with van der Waals surface area (Å²) in [7, 11) is 0. The third kappa shape index (κ3) is 27.9. The first-order valence-electron chi connectivity index (χ1n) is 23.1. The number of nitrogens with one attached hydrogen (secondary N) is 1. The predicted octanol–water partition coefficient (Wildman–Crippen LogP) is 9.50. The van der Waals surface area contributed by atoms with Crippen molar-refractivity contribution in [2.75, 3.05) is 13.2 Å². The maximum atomic E-state index is 12.9. The van der Waals surface area contributed by atoms with Crippen molar-refractivity contribution in [1.29, 1.82) is 0 Å². The quantitative estimate of drug-likeness (QED) is 0.0268. The standard InChI is InChI=1S/C46H87NO8/c1-3-5-7-9-11-13-14-15-16-17-18-19-20-21-22-23-24-25-26-28-30-32-34-36-42(50)47-39(40(49)35-33-31-29-27-12-10-8-6-4-2)38-54-46-45(53)44(52)43(51)41(37-48)55-46/h15-16,33,35,39-41,43-46,48-49,51-53H,3-14,17-32,34,36-38H2,1-2H3,(H,47,50)/b16-15+,35-33+/t39-,40+,41-,43-,44?,45?,46-/m0/s1. The summed E-state index contributed by atoms with van der Waals surface area (Å²) in [5, 5.41) is 54.0. The largest absolute Gasteiger partial charge is 0.394 e. The lowest BCUT2D eigenvalue weighted by atomic mass is 9.99. The lowest BCUT2D eigenvalue weighted by Crippen LogP contribution is -2.60. The highest BCUT2D eigenvalue weighted by atomic mass is 16.7. The molecular formula is C46H87NO8.